The maximum absolute atomic E-state index is 14.0. The lowest BCUT2D eigenvalue weighted by atomic mass is 10.1. The zero-order valence-corrected chi connectivity index (χ0v) is 16.9. The summed E-state index contributed by atoms with van der Waals surface area (Å²) in [5.41, 5.74) is 1.30. The highest BCUT2D eigenvalue weighted by Gasteiger charge is 2.14. The third-order valence-electron chi connectivity index (χ3n) is 4.14. The number of benzene rings is 2. The number of hydrogen-bond donors (Lipinski definition) is 1. The van der Waals surface area contributed by atoms with Crippen LogP contribution in [0.5, 0.6) is 0 Å². The molecule has 7 heteroatoms. The first-order valence-electron chi connectivity index (χ1n) is 8.98. The first-order chi connectivity index (χ1) is 13.3. The summed E-state index contributed by atoms with van der Waals surface area (Å²) in [5.74, 6) is -1.15. The number of thioether (sulfide) groups is 1. The van der Waals surface area contributed by atoms with Crippen LogP contribution < -0.4 is 5.32 Å². The fourth-order valence-corrected chi connectivity index (χ4v) is 3.32. The predicted octanol–water partition coefficient (Wildman–Crippen LogP) is 4.24. The number of anilines is 1. The van der Waals surface area contributed by atoms with Crippen molar-refractivity contribution in [2.75, 3.05) is 24.2 Å². The van der Waals surface area contributed by atoms with Crippen LogP contribution in [0.15, 0.2) is 47.4 Å². The number of carbonyl (C=O) groups is 3. The van der Waals surface area contributed by atoms with Crippen molar-refractivity contribution in [3.63, 3.8) is 0 Å². The second kappa shape index (κ2) is 10.0. The van der Waals surface area contributed by atoms with E-state index in [0.29, 0.717) is 34.8 Å². The highest BCUT2D eigenvalue weighted by molar-refractivity contribution is 8.00. The van der Waals surface area contributed by atoms with Crippen LogP contribution in [0.3, 0.4) is 0 Å². The molecule has 0 unspecified atom stereocenters. The van der Waals surface area contributed by atoms with Gasteiger partial charge in [0.15, 0.2) is 5.78 Å². The van der Waals surface area contributed by atoms with E-state index < -0.39 is 5.82 Å². The van der Waals surface area contributed by atoms with Crippen LogP contribution in [0.2, 0.25) is 0 Å². The van der Waals surface area contributed by atoms with Gasteiger partial charge in [-0.15, -0.1) is 11.8 Å². The van der Waals surface area contributed by atoms with E-state index in [1.165, 1.54) is 25.1 Å². The van der Waals surface area contributed by atoms with E-state index in [2.05, 4.69) is 5.32 Å². The molecule has 0 aliphatic carbocycles. The SMILES string of the molecule is CCN(CC)C(=O)c1cccc(NC(=O)CSc2ccc(C(C)=O)cc2F)c1. The summed E-state index contributed by atoms with van der Waals surface area (Å²) in [5, 5.41) is 2.72. The highest BCUT2D eigenvalue weighted by atomic mass is 32.2. The summed E-state index contributed by atoms with van der Waals surface area (Å²) in [6, 6.07) is 10.9. The summed E-state index contributed by atoms with van der Waals surface area (Å²) in [6.45, 7) is 6.40. The van der Waals surface area contributed by atoms with Crippen molar-refractivity contribution in [1.29, 1.82) is 0 Å². The Hall–Kier alpha value is -2.67. The molecule has 0 saturated carbocycles. The second-order valence-corrected chi connectivity index (χ2v) is 7.11. The normalized spacial score (nSPS) is 10.4. The van der Waals surface area contributed by atoms with Crippen molar-refractivity contribution in [2.45, 2.75) is 25.7 Å². The Morgan fingerprint density at radius 1 is 1.04 bits per heavy atom. The van der Waals surface area contributed by atoms with Crippen LogP contribution in [0.25, 0.3) is 0 Å². The molecule has 0 atom stereocenters. The maximum atomic E-state index is 14.0. The predicted molar refractivity (Wildman–Crippen MR) is 109 cm³/mol. The van der Waals surface area contributed by atoms with Gasteiger partial charge < -0.3 is 10.2 Å². The van der Waals surface area contributed by atoms with Crippen molar-refractivity contribution in [3.8, 4) is 0 Å². The molecule has 0 radical (unpaired) electrons. The lowest BCUT2D eigenvalue weighted by molar-refractivity contribution is -0.113. The van der Waals surface area contributed by atoms with E-state index in [4.69, 9.17) is 0 Å². The van der Waals surface area contributed by atoms with Gasteiger partial charge in [0.05, 0.1) is 5.75 Å². The molecule has 0 aliphatic rings. The van der Waals surface area contributed by atoms with Gasteiger partial charge in [-0.25, -0.2) is 4.39 Å². The van der Waals surface area contributed by atoms with E-state index in [1.807, 2.05) is 13.8 Å². The molecule has 0 aliphatic heterocycles. The van der Waals surface area contributed by atoms with E-state index in [0.717, 1.165) is 11.8 Å². The lowest BCUT2D eigenvalue weighted by Gasteiger charge is -2.19. The minimum atomic E-state index is -0.530. The first kappa shape index (κ1) is 21.6. The summed E-state index contributed by atoms with van der Waals surface area (Å²) in [4.78, 5) is 37.9. The third-order valence-corrected chi connectivity index (χ3v) is 5.19. The van der Waals surface area contributed by atoms with Crippen LogP contribution >= 0.6 is 11.8 Å². The van der Waals surface area contributed by atoms with Gasteiger partial charge in [-0.2, -0.15) is 0 Å². The summed E-state index contributed by atoms with van der Waals surface area (Å²) in [7, 11) is 0. The molecule has 2 aromatic carbocycles. The van der Waals surface area contributed by atoms with Crippen LogP contribution in [0.1, 0.15) is 41.5 Å². The molecule has 2 amide bonds. The first-order valence-corrected chi connectivity index (χ1v) is 9.96. The lowest BCUT2D eigenvalue weighted by Crippen LogP contribution is -2.30. The topological polar surface area (TPSA) is 66.5 Å². The van der Waals surface area contributed by atoms with Gasteiger partial charge >= 0.3 is 0 Å². The molecule has 1 N–H and O–H groups in total. The average Bonchev–Trinajstić information content (AvgIpc) is 2.68. The number of Topliss-reactive ketones (excluding diaryl/α,β-unsaturated/α-hetero) is 1. The third kappa shape index (κ3) is 5.66. The number of hydrogen-bond acceptors (Lipinski definition) is 4. The number of amides is 2. The molecular formula is C21H23FN2O3S. The van der Waals surface area contributed by atoms with Crippen molar-refractivity contribution in [3.05, 3.63) is 59.4 Å². The number of nitrogens with one attached hydrogen (secondary N) is 1. The van der Waals surface area contributed by atoms with Crippen LogP contribution in [-0.4, -0.2) is 41.3 Å². The van der Waals surface area contributed by atoms with Crippen molar-refractivity contribution in [1.82, 2.24) is 4.90 Å². The van der Waals surface area contributed by atoms with Gasteiger partial charge in [0, 0.05) is 34.8 Å². The minimum Gasteiger partial charge on any atom is -0.339 e. The molecule has 28 heavy (non-hydrogen) atoms. The van der Waals surface area contributed by atoms with Gasteiger partial charge in [-0.3, -0.25) is 14.4 Å². The number of rotatable bonds is 8. The number of halogens is 1. The molecule has 0 spiro atoms. The monoisotopic (exact) mass is 402 g/mol. The fourth-order valence-electron chi connectivity index (χ4n) is 2.60. The molecule has 2 aromatic rings. The summed E-state index contributed by atoms with van der Waals surface area (Å²) < 4.78 is 14.0. The Morgan fingerprint density at radius 3 is 2.36 bits per heavy atom. The average molecular weight is 402 g/mol. The minimum absolute atomic E-state index is 0.00452. The Morgan fingerprint density at radius 2 is 1.75 bits per heavy atom. The molecule has 0 bridgehead atoms. The van der Waals surface area contributed by atoms with Crippen molar-refractivity contribution < 1.29 is 18.8 Å². The quantitative estimate of drug-likeness (QED) is 0.530. The standard InChI is InChI=1S/C21H23FN2O3S/c1-4-24(5-2)21(27)16-7-6-8-17(11-16)23-20(26)13-28-19-10-9-15(14(3)25)12-18(19)22/h6-12H,4-5,13H2,1-3H3,(H,23,26). The van der Waals surface area contributed by atoms with Crippen LogP contribution in [0.4, 0.5) is 10.1 Å². The van der Waals surface area contributed by atoms with Gasteiger partial charge in [-0.1, -0.05) is 12.1 Å². The molecule has 5 nitrogen and oxygen atoms in total. The number of carbonyl (C=O) groups excluding carboxylic acids is 3. The summed E-state index contributed by atoms with van der Waals surface area (Å²) in [6.07, 6.45) is 0. The zero-order valence-electron chi connectivity index (χ0n) is 16.1. The van der Waals surface area contributed by atoms with Crippen molar-refractivity contribution >= 4 is 35.0 Å². The maximum Gasteiger partial charge on any atom is 0.253 e. The molecule has 0 heterocycles. The molecule has 0 aromatic heterocycles. The van der Waals surface area contributed by atoms with E-state index in [-0.39, 0.29) is 23.4 Å². The fraction of sp³-hybridized carbons (Fsp3) is 0.286. The largest absolute Gasteiger partial charge is 0.339 e. The van der Waals surface area contributed by atoms with E-state index in [1.54, 1.807) is 29.2 Å². The van der Waals surface area contributed by atoms with Gasteiger partial charge in [0.2, 0.25) is 5.91 Å². The molecule has 0 fully saturated rings. The van der Waals surface area contributed by atoms with E-state index >= 15 is 0 Å². The Kier molecular flexibility index (Phi) is 7.75. The molecule has 148 valence electrons. The smallest absolute Gasteiger partial charge is 0.253 e. The number of nitrogens with zero attached hydrogens (tertiary/aromatic N) is 1. The van der Waals surface area contributed by atoms with Gasteiger partial charge in [-0.05, 0) is 51.1 Å². The van der Waals surface area contributed by atoms with Crippen LogP contribution in [0, 0.1) is 5.82 Å². The number of ketones is 1. The second-order valence-electron chi connectivity index (χ2n) is 6.10. The molecule has 2 rings (SSSR count). The highest BCUT2D eigenvalue weighted by Crippen LogP contribution is 2.23. The Labute approximate surface area is 168 Å². The Bertz CT molecular complexity index is 882. The summed E-state index contributed by atoms with van der Waals surface area (Å²) >= 11 is 1.04. The van der Waals surface area contributed by atoms with Gasteiger partial charge in [0.25, 0.3) is 5.91 Å². The Balaban J connectivity index is 1.99. The molecule has 0 saturated heterocycles. The van der Waals surface area contributed by atoms with Crippen molar-refractivity contribution in [2.24, 2.45) is 0 Å². The molecular weight excluding hydrogens is 379 g/mol. The zero-order chi connectivity index (χ0) is 20.7. The van der Waals surface area contributed by atoms with Crippen LogP contribution in [-0.2, 0) is 4.79 Å². The van der Waals surface area contributed by atoms with E-state index in [9.17, 15) is 18.8 Å². The van der Waals surface area contributed by atoms with Gasteiger partial charge in [0.1, 0.15) is 5.82 Å².